The fourth-order valence-corrected chi connectivity index (χ4v) is 4.44. The number of carbonyl (C=O) groups excluding carboxylic acids is 1. The van der Waals surface area contributed by atoms with Gasteiger partial charge in [-0.15, -0.1) is 0 Å². The second kappa shape index (κ2) is 9.23. The number of halogens is 1. The van der Waals surface area contributed by atoms with E-state index in [1.807, 2.05) is 0 Å². The van der Waals surface area contributed by atoms with Crippen molar-refractivity contribution in [2.75, 3.05) is 31.1 Å². The van der Waals surface area contributed by atoms with Crippen molar-refractivity contribution in [2.45, 2.75) is 23.8 Å². The molecule has 1 aliphatic rings. The van der Waals surface area contributed by atoms with Gasteiger partial charge in [-0.3, -0.25) is 9.10 Å². The van der Waals surface area contributed by atoms with Crippen LogP contribution in [0.2, 0.25) is 0 Å². The lowest BCUT2D eigenvalue weighted by atomic mass is 10.2. The first-order chi connectivity index (χ1) is 13.9. The number of amides is 1. The maximum atomic E-state index is 13.3. The van der Waals surface area contributed by atoms with E-state index in [0.717, 1.165) is 29.3 Å². The highest BCUT2D eigenvalue weighted by Gasteiger charge is 2.28. The highest BCUT2D eigenvalue weighted by atomic mass is 32.2. The molecule has 1 N–H and O–H groups in total. The number of sulfonamides is 1. The van der Waals surface area contributed by atoms with Crippen LogP contribution in [0.1, 0.15) is 12.8 Å². The minimum Gasteiger partial charge on any atom is -0.497 e. The van der Waals surface area contributed by atoms with Gasteiger partial charge in [0.2, 0.25) is 5.91 Å². The molecule has 2 aromatic carbocycles. The molecule has 9 heteroatoms. The Bertz CT molecular complexity index is 926. The second-order valence-corrected chi connectivity index (χ2v) is 8.47. The Hall–Kier alpha value is -2.65. The summed E-state index contributed by atoms with van der Waals surface area (Å²) in [4.78, 5) is 12.5. The summed E-state index contributed by atoms with van der Waals surface area (Å²) in [6.45, 7) is 0.541. The van der Waals surface area contributed by atoms with Gasteiger partial charge in [0.1, 0.15) is 18.1 Å². The summed E-state index contributed by atoms with van der Waals surface area (Å²) in [5, 5.41) is 2.71. The number of benzene rings is 2. The number of anilines is 1. The minimum absolute atomic E-state index is 0.00505. The van der Waals surface area contributed by atoms with E-state index in [1.54, 1.807) is 0 Å². The van der Waals surface area contributed by atoms with Crippen LogP contribution < -0.4 is 14.4 Å². The number of methoxy groups -OCH3 is 1. The molecule has 7 nitrogen and oxygen atoms in total. The molecule has 0 saturated carbocycles. The van der Waals surface area contributed by atoms with Crippen molar-refractivity contribution in [2.24, 2.45) is 0 Å². The van der Waals surface area contributed by atoms with E-state index >= 15 is 0 Å². The normalized spacial score (nSPS) is 16.4. The number of carbonyl (C=O) groups is 1. The third-order valence-corrected chi connectivity index (χ3v) is 6.39. The van der Waals surface area contributed by atoms with Crippen LogP contribution in [0.15, 0.2) is 53.4 Å². The first kappa shape index (κ1) is 21.1. The lowest BCUT2D eigenvalue weighted by Gasteiger charge is -2.24. The second-order valence-electron chi connectivity index (χ2n) is 6.60. The molecule has 2 aromatic rings. The number of nitrogens with zero attached hydrogens (tertiary/aromatic N) is 1. The summed E-state index contributed by atoms with van der Waals surface area (Å²) in [7, 11) is -2.58. The SMILES string of the molecule is COc1ccc(S(=O)(=O)N(CC(=O)NC[C@@H]2CCCO2)c2ccc(F)cc2)cc1. The smallest absolute Gasteiger partial charge is 0.264 e. The van der Waals surface area contributed by atoms with Crippen LogP contribution in [-0.2, 0) is 19.6 Å². The molecule has 0 aromatic heterocycles. The van der Waals surface area contributed by atoms with Crippen LogP contribution in [0, 0.1) is 5.82 Å². The molecular formula is C20H23FN2O5S. The molecule has 1 atom stereocenters. The third kappa shape index (κ3) is 5.24. The van der Waals surface area contributed by atoms with E-state index < -0.39 is 28.3 Å². The number of hydrogen-bond acceptors (Lipinski definition) is 5. The Labute approximate surface area is 169 Å². The zero-order valence-electron chi connectivity index (χ0n) is 16.0. The fraction of sp³-hybridized carbons (Fsp3) is 0.350. The summed E-state index contributed by atoms with van der Waals surface area (Å²) in [5.41, 5.74) is 0.189. The van der Waals surface area contributed by atoms with Gasteiger partial charge in [-0.1, -0.05) is 0 Å². The summed E-state index contributed by atoms with van der Waals surface area (Å²) in [5.74, 6) is -0.466. The number of ether oxygens (including phenoxy) is 2. The maximum Gasteiger partial charge on any atom is 0.264 e. The van der Waals surface area contributed by atoms with Crippen molar-refractivity contribution in [1.29, 1.82) is 0 Å². The predicted molar refractivity (Wildman–Crippen MR) is 106 cm³/mol. The summed E-state index contributed by atoms with van der Waals surface area (Å²) >= 11 is 0. The quantitative estimate of drug-likeness (QED) is 0.706. The molecule has 0 aliphatic carbocycles. The molecule has 1 aliphatic heterocycles. The molecule has 156 valence electrons. The van der Waals surface area contributed by atoms with E-state index in [9.17, 15) is 17.6 Å². The lowest BCUT2D eigenvalue weighted by molar-refractivity contribution is -0.120. The Morgan fingerprint density at radius 1 is 1.21 bits per heavy atom. The van der Waals surface area contributed by atoms with E-state index in [4.69, 9.17) is 9.47 Å². The van der Waals surface area contributed by atoms with Gasteiger partial charge in [-0.2, -0.15) is 0 Å². The standard InChI is InChI=1S/C20H23FN2O5S/c1-27-17-8-10-19(11-9-17)29(25,26)23(16-6-4-15(21)5-7-16)14-20(24)22-13-18-3-2-12-28-18/h4-11,18H,2-3,12-14H2,1H3,(H,22,24)/t18-/m0/s1. The molecule has 0 unspecified atom stereocenters. The van der Waals surface area contributed by atoms with Crippen LogP contribution in [-0.4, -0.2) is 47.2 Å². The number of hydrogen-bond donors (Lipinski definition) is 1. The monoisotopic (exact) mass is 422 g/mol. The van der Waals surface area contributed by atoms with Crippen LogP contribution in [0.4, 0.5) is 10.1 Å². The molecule has 0 bridgehead atoms. The lowest BCUT2D eigenvalue weighted by Crippen LogP contribution is -2.42. The van der Waals surface area contributed by atoms with Gasteiger partial charge in [0, 0.05) is 13.2 Å². The van der Waals surface area contributed by atoms with Crippen LogP contribution in [0.3, 0.4) is 0 Å². The summed E-state index contributed by atoms with van der Waals surface area (Å²) in [6, 6.07) is 10.8. The molecule has 0 radical (unpaired) electrons. The van der Waals surface area contributed by atoms with Crippen molar-refractivity contribution in [3.05, 3.63) is 54.3 Å². The Balaban J connectivity index is 1.83. The molecular weight excluding hydrogens is 399 g/mol. The summed E-state index contributed by atoms with van der Waals surface area (Å²) < 4.78 is 51.2. The molecule has 1 heterocycles. The van der Waals surface area contributed by atoms with E-state index in [1.165, 1.54) is 43.5 Å². The average Bonchev–Trinajstić information content (AvgIpc) is 3.25. The van der Waals surface area contributed by atoms with Crippen molar-refractivity contribution in [3.63, 3.8) is 0 Å². The minimum atomic E-state index is -4.06. The number of rotatable bonds is 8. The zero-order chi connectivity index (χ0) is 20.9. The van der Waals surface area contributed by atoms with Crippen molar-refractivity contribution in [1.82, 2.24) is 5.32 Å². The zero-order valence-corrected chi connectivity index (χ0v) is 16.8. The fourth-order valence-electron chi connectivity index (χ4n) is 3.02. The van der Waals surface area contributed by atoms with Crippen molar-refractivity contribution < 1.29 is 27.1 Å². The van der Waals surface area contributed by atoms with Gasteiger partial charge in [0.25, 0.3) is 10.0 Å². The van der Waals surface area contributed by atoms with Crippen molar-refractivity contribution in [3.8, 4) is 5.75 Å². The van der Waals surface area contributed by atoms with Gasteiger partial charge in [0.05, 0.1) is 23.8 Å². The van der Waals surface area contributed by atoms with Crippen LogP contribution >= 0.6 is 0 Å². The third-order valence-electron chi connectivity index (χ3n) is 4.60. The molecule has 29 heavy (non-hydrogen) atoms. The molecule has 1 fully saturated rings. The van der Waals surface area contributed by atoms with Gasteiger partial charge >= 0.3 is 0 Å². The van der Waals surface area contributed by atoms with Crippen molar-refractivity contribution >= 4 is 21.6 Å². The molecule has 3 rings (SSSR count). The Kier molecular flexibility index (Phi) is 6.71. The Morgan fingerprint density at radius 3 is 2.48 bits per heavy atom. The number of nitrogens with one attached hydrogen (secondary N) is 1. The maximum absolute atomic E-state index is 13.3. The largest absolute Gasteiger partial charge is 0.497 e. The van der Waals surface area contributed by atoms with Gasteiger partial charge < -0.3 is 14.8 Å². The van der Waals surface area contributed by atoms with E-state index in [2.05, 4.69) is 5.32 Å². The first-order valence-electron chi connectivity index (χ1n) is 9.21. The predicted octanol–water partition coefficient (Wildman–Crippen LogP) is 2.32. The van der Waals surface area contributed by atoms with Gasteiger partial charge in [-0.05, 0) is 61.4 Å². The first-order valence-corrected chi connectivity index (χ1v) is 10.6. The highest BCUT2D eigenvalue weighted by Crippen LogP contribution is 2.25. The molecule has 0 spiro atoms. The van der Waals surface area contributed by atoms with Gasteiger partial charge in [0.15, 0.2) is 0 Å². The molecule has 1 amide bonds. The van der Waals surface area contributed by atoms with E-state index in [0.29, 0.717) is 18.9 Å². The van der Waals surface area contributed by atoms with Crippen LogP contribution in [0.5, 0.6) is 5.75 Å². The average molecular weight is 422 g/mol. The highest BCUT2D eigenvalue weighted by molar-refractivity contribution is 7.92. The van der Waals surface area contributed by atoms with E-state index in [-0.39, 0.29) is 16.7 Å². The van der Waals surface area contributed by atoms with Crippen LogP contribution in [0.25, 0.3) is 0 Å². The topological polar surface area (TPSA) is 84.9 Å². The Morgan fingerprint density at radius 2 is 1.90 bits per heavy atom. The molecule has 1 saturated heterocycles. The summed E-state index contributed by atoms with van der Waals surface area (Å²) in [6.07, 6.45) is 1.73. The van der Waals surface area contributed by atoms with Gasteiger partial charge in [-0.25, -0.2) is 12.8 Å².